The van der Waals surface area contributed by atoms with Gasteiger partial charge in [-0.3, -0.25) is 4.99 Å². The van der Waals surface area contributed by atoms with Crippen LogP contribution < -0.4 is 20.3 Å². The highest BCUT2D eigenvalue weighted by Gasteiger charge is 2.20. The van der Waals surface area contributed by atoms with E-state index in [4.69, 9.17) is 9.73 Å². The van der Waals surface area contributed by atoms with Gasteiger partial charge in [0.1, 0.15) is 5.75 Å². The van der Waals surface area contributed by atoms with Crippen LogP contribution in [0.1, 0.15) is 31.7 Å². The molecule has 0 spiro atoms. The van der Waals surface area contributed by atoms with Crippen molar-refractivity contribution in [3.63, 3.8) is 0 Å². The van der Waals surface area contributed by atoms with Crippen LogP contribution in [0, 0.1) is 0 Å². The topological polar surface area (TPSA) is 48.9 Å². The van der Waals surface area contributed by atoms with Crippen LogP contribution in [0.4, 0.5) is 5.00 Å². The van der Waals surface area contributed by atoms with E-state index in [1.807, 2.05) is 23.5 Å². The maximum Gasteiger partial charge on any atom is 0.191 e. The summed E-state index contributed by atoms with van der Waals surface area (Å²) in [5.41, 5.74) is 1.33. The fraction of sp³-hybridized carbons (Fsp3) is 0.500. The number of hydrogen-bond acceptors (Lipinski definition) is 4. The molecule has 0 amide bonds. The van der Waals surface area contributed by atoms with Crippen LogP contribution in [0.25, 0.3) is 0 Å². The summed E-state index contributed by atoms with van der Waals surface area (Å²) >= 11 is 1.83. The molecule has 0 bridgehead atoms. The van der Waals surface area contributed by atoms with E-state index in [0.717, 1.165) is 63.6 Å². The SMILES string of the molecule is CCNC(=NCCCc1ccc(OC)cc1)NC1CCN(c2cccs2)CC1. The maximum absolute atomic E-state index is 5.21. The number of nitrogens with zero attached hydrogens (tertiary/aromatic N) is 2. The second-order valence-electron chi connectivity index (χ2n) is 7.07. The first kappa shape index (κ1) is 20.5. The van der Waals surface area contributed by atoms with Gasteiger partial charge in [-0.1, -0.05) is 12.1 Å². The number of ether oxygens (including phenoxy) is 1. The van der Waals surface area contributed by atoms with Gasteiger partial charge in [0.25, 0.3) is 0 Å². The van der Waals surface area contributed by atoms with Crippen molar-refractivity contribution < 1.29 is 4.74 Å². The molecule has 0 unspecified atom stereocenters. The van der Waals surface area contributed by atoms with Gasteiger partial charge in [-0.25, -0.2) is 0 Å². The Labute approximate surface area is 172 Å². The number of piperidine rings is 1. The predicted octanol–water partition coefficient (Wildman–Crippen LogP) is 3.91. The van der Waals surface area contributed by atoms with E-state index in [-0.39, 0.29) is 0 Å². The molecule has 0 aliphatic carbocycles. The lowest BCUT2D eigenvalue weighted by molar-refractivity contribution is 0.414. The van der Waals surface area contributed by atoms with E-state index < -0.39 is 0 Å². The molecule has 5 nitrogen and oxygen atoms in total. The van der Waals surface area contributed by atoms with Crippen LogP contribution in [0.5, 0.6) is 5.75 Å². The third-order valence-corrected chi connectivity index (χ3v) is 5.98. The Kier molecular flexibility index (Phi) is 8.03. The quantitative estimate of drug-likeness (QED) is 0.401. The Morgan fingerprint density at radius 3 is 2.64 bits per heavy atom. The monoisotopic (exact) mass is 400 g/mol. The number of nitrogens with one attached hydrogen (secondary N) is 2. The van der Waals surface area contributed by atoms with Crippen LogP contribution in [-0.4, -0.2) is 45.3 Å². The highest BCUT2D eigenvalue weighted by atomic mass is 32.1. The second-order valence-corrected chi connectivity index (χ2v) is 8.00. The van der Waals surface area contributed by atoms with Gasteiger partial charge in [-0.15, -0.1) is 11.3 Å². The zero-order valence-corrected chi connectivity index (χ0v) is 17.8. The molecule has 2 heterocycles. The Bertz CT molecular complexity index is 707. The van der Waals surface area contributed by atoms with E-state index in [1.54, 1.807) is 7.11 Å². The van der Waals surface area contributed by atoms with E-state index in [9.17, 15) is 0 Å². The number of benzene rings is 1. The second kappa shape index (κ2) is 11.0. The third kappa shape index (κ3) is 6.16. The number of guanidine groups is 1. The molecule has 2 aromatic rings. The lowest BCUT2D eigenvalue weighted by atomic mass is 10.1. The molecule has 1 fully saturated rings. The Hall–Kier alpha value is -2.21. The molecular weight excluding hydrogens is 368 g/mol. The van der Waals surface area contributed by atoms with Gasteiger partial charge in [0.2, 0.25) is 0 Å². The fourth-order valence-electron chi connectivity index (χ4n) is 3.47. The van der Waals surface area contributed by atoms with Crippen LogP contribution in [0.3, 0.4) is 0 Å². The van der Waals surface area contributed by atoms with Crippen LogP contribution in [-0.2, 0) is 6.42 Å². The first-order chi connectivity index (χ1) is 13.8. The number of methoxy groups -OCH3 is 1. The number of rotatable bonds is 8. The number of aryl methyl sites for hydroxylation is 1. The molecule has 2 N–H and O–H groups in total. The summed E-state index contributed by atoms with van der Waals surface area (Å²) in [6.07, 6.45) is 4.37. The summed E-state index contributed by atoms with van der Waals surface area (Å²) in [6, 6.07) is 13.1. The smallest absolute Gasteiger partial charge is 0.191 e. The van der Waals surface area contributed by atoms with Crippen molar-refractivity contribution in [3.05, 3.63) is 47.3 Å². The standard InChI is InChI=1S/C22H32N4OS/c1-3-23-22(24-14-4-6-18-8-10-20(27-2)11-9-18)25-19-12-15-26(16-13-19)21-7-5-17-28-21/h5,7-11,17,19H,3-4,6,12-16H2,1-2H3,(H2,23,24,25). The predicted molar refractivity (Wildman–Crippen MR) is 120 cm³/mol. The summed E-state index contributed by atoms with van der Waals surface area (Å²) < 4.78 is 5.21. The maximum atomic E-state index is 5.21. The van der Waals surface area contributed by atoms with Crippen LogP contribution in [0.2, 0.25) is 0 Å². The van der Waals surface area contributed by atoms with Crippen molar-refractivity contribution in [1.82, 2.24) is 10.6 Å². The first-order valence-electron chi connectivity index (χ1n) is 10.2. The molecular formula is C22H32N4OS. The normalized spacial score (nSPS) is 15.5. The molecule has 152 valence electrons. The molecule has 1 aliphatic heterocycles. The average Bonchev–Trinajstić information content (AvgIpc) is 3.27. The molecule has 0 radical (unpaired) electrons. The Balaban J connectivity index is 1.42. The first-order valence-corrected chi connectivity index (χ1v) is 11.1. The van der Waals surface area contributed by atoms with Gasteiger partial charge in [-0.05, 0) is 67.8 Å². The lowest BCUT2D eigenvalue weighted by Gasteiger charge is -2.33. The van der Waals surface area contributed by atoms with Gasteiger partial charge in [-0.2, -0.15) is 0 Å². The van der Waals surface area contributed by atoms with E-state index >= 15 is 0 Å². The number of thiophene rings is 1. The molecule has 1 aromatic heterocycles. The molecule has 1 aromatic carbocycles. The average molecular weight is 401 g/mol. The molecule has 6 heteroatoms. The molecule has 0 atom stereocenters. The van der Waals surface area contributed by atoms with Crippen molar-refractivity contribution >= 4 is 22.3 Å². The van der Waals surface area contributed by atoms with Gasteiger partial charge >= 0.3 is 0 Å². The van der Waals surface area contributed by atoms with Crippen molar-refractivity contribution in [3.8, 4) is 5.75 Å². The zero-order valence-electron chi connectivity index (χ0n) is 17.0. The Morgan fingerprint density at radius 2 is 2.00 bits per heavy atom. The van der Waals surface area contributed by atoms with Crippen molar-refractivity contribution in [1.29, 1.82) is 0 Å². The van der Waals surface area contributed by atoms with Crippen LogP contribution in [0.15, 0.2) is 46.8 Å². The van der Waals surface area contributed by atoms with Crippen LogP contribution >= 0.6 is 11.3 Å². The highest BCUT2D eigenvalue weighted by Crippen LogP contribution is 2.24. The third-order valence-electron chi connectivity index (χ3n) is 5.05. The van der Waals surface area contributed by atoms with Gasteiger partial charge in [0.15, 0.2) is 5.96 Å². The minimum Gasteiger partial charge on any atom is -0.497 e. The van der Waals surface area contributed by atoms with Crippen molar-refractivity contribution in [2.24, 2.45) is 4.99 Å². The van der Waals surface area contributed by atoms with Gasteiger partial charge < -0.3 is 20.3 Å². The summed E-state index contributed by atoms with van der Waals surface area (Å²) in [5, 5.41) is 10.6. The van der Waals surface area contributed by atoms with E-state index in [2.05, 4.69) is 52.1 Å². The Morgan fingerprint density at radius 1 is 1.21 bits per heavy atom. The minimum absolute atomic E-state index is 0.496. The van der Waals surface area contributed by atoms with Crippen molar-refractivity contribution in [2.75, 3.05) is 38.2 Å². The molecule has 0 saturated carbocycles. The summed E-state index contributed by atoms with van der Waals surface area (Å²) in [4.78, 5) is 7.27. The number of anilines is 1. The van der Waals surface area contributed by atoms with Crippen molar-refractivity contribution in [2.45, 2.75) is 38.6 Å². The summed E-state index contributed by atoms with van der Waals surface area (Å²) in [5.74, 6) is 1.86. The largest absolute Gasteiger partial charge is 0.497 e. The summed E-state index contributed by atoms with van der Waals surface area (Å²) in [7, 11) is 1.70. The van der Waals surface area contributed by atoms with E-state index in [0.29, 0.717) is 6.04 Å². The fourth-order valence-corrected chi connectivity index (χ4v) is 4.26. The lowest BCUT2D eigenvalue weighted by Crippen LogP contribution is -2.48. The van der Waals surface area contributed by atoms with Gasteiger partial charge in [0, 0.05) is 32.2 Å². The summed E-state index contributed by atoms with van der Waals surface area (Å²) in [6.45, 7) is 6.05. The van der Waals surface area contributed by atoms with Gasteiger partial charge in [0.05, 0.1) is 12.1 Å². The zero-order chi connectivity index (χ0) is 19.6. The highest BCUT2D eigenvalue weighted by molar-refractivity contribution is 7.14. The molecule has 1 aliphatic rings. The molecule has 1 saturated heterocycles. The minimum atomic E-state index is 0.496. The number of hydrogen-bond donors (Lipinski definition) is 2. The number of aliphatic imine (C=N–C) groups is 1. The van der Waals surface area contributed by atoms with E-state index in [1.165, 1.54) is 10.6 Å². The molecule has 3 rings (SSSR count). The molecule has 28 heavy (non-hydrogen) atoms.